The van der Waals surface area contributed by atoms with E-state index in [4.69, 9.17) is 9.72 Å². The Morgan fingerprint density at radius 3 is 2.52 bits per heavy atom. The van der Waals surface area contributed by atoms with E-state index >= 15 is 0 Å². The molecule has 4 aromatic rings. The molecular weight excluding hydrogens is 608 g/mol. The fraction of sp³-hybridized carbons (Fsp3) is 0.472. The van der Waals surface area contributed by atoms with Gasteiger partial charge in [0, 0.05) is 62.5 Å². The standard InChI is InChI=1S/C36H46N8O4/c1-36(2,3)48-35(47)39-27-19-26(38-31(45)10-8-16-41(4)5)21-43(22-27)34(46)25-13-14-29-28(17-25)40-33(42(29)6)30-18-24-9-7-15-37-32(24)44(30)20-23-11-12-23/h7-10,13-15,17-18,23,26-27H,11-12,16,19-22H2,1-6H3,(H,38,45)(H,39,47)/b10-8+/t26-,27+/m0/s1. The van der Waals surface area contributed by atoms with Gasteiger partial charge >= 0.3 is 6.09 Å². The number of fused-ring (bicyclic) bond motifs is 2. The molecule has 48 heavy (non-hydrogen) atoms. The van der Waals surface area contributed by atoms with Crippen molar-refractivity contribution in [3.8, 4) is 11.5 Å². The van der Waals surface area contributed by atoms with Crippen LogP contribution in [0.15, 0.2) is 54.7 Å². The van der Waals surface area contributed by atoms with Crippen LogP contribution in [0.2, 0.25) is 0 Å². The number of imidazole rings is 1. The van der Waals surface area contributed by atoms with Gasteiger partial charge in [-0.3, -0.25) is 9.59 Å². The number of aromatic nitrogens is 4. The second-order valence-electron chi connectivity index (χ2n) is 14.4. The van der Waals surface area contributed by atoms with Crippen molar-refractivity contribution in [3.05, 3.63) is 60.3 Å². The third kappa shape index (κ3) is 7.70. The topological polar surface area (TPSA) is 127 Å². The smallest absolute Gasteiger partial charge is 0.407 e. The number of pyridine rings is 1. The molecule has 12 nitrogen and oxygen atoms in total. The number of carbonyl (C=O) groups is 3. The quantitative estimate of drug-likeness (QED) is 0.257. The number of piperidine rings is 1. The fourth-order valence-electron chi connectivity index (χ4n) is 6.33. The summed E-state index contributed by atoms with van der Waals surface area (Å²) in [5.41, 5.74) is 3.41. The number of hydrogen-bond donors (Lipinski definition) is 2. The van der Waals surface area contributed by atoms with Gasteiger partial charge in [0.1, 0.15) is 11.2 Å². The third-order valence-electron chi connectivity index (χ3n) is 8.69. The van der Waals surface area contributed by atoms with Crippen molar-refractivity contribution in [1.82, 2.24) is 39.5 Å². The van der Waals surface area contributed by atoms with Gasteiger partial charge in [0.15, 0.2) is 5.82 Å². The van der Waals surface area contributed by atoms with Gasteiger partial charge in [0.25, 0.3) is 5.91 Å². The number of nitrogens with one attached hydrogen (secondary N) is 2. The summed E-state index contributed by atoms with van der Waals surface area (Å²) in [6.45, 7) is 7.51. The molecule has 1 aliphatic carbocycles. The molecule has 0 bridgehead atoms. The maximum Gasteiger partial charge on any atom is 0.407 e. The zero-order chi connectivity index (χ0) is 34.2. The Kier molecular flexibility index (Phi) is 9.28. The molecule has 0 unspecified atom stereocenters. The Balaban J connectivity index is 1.26. The molecule has 3 aromatic heterocycles. The second-order valence-corrected chi connectivity index (χ2v) is 14.4. The normalized spacial score (nSPS) is 18.6. The van der Waals surface area contributed by atoms with E-state index in [0.29, 0.717) is 36.5 Å². The van der Waals surface area contributed by atoms with E-state index < -0.39 is 17.7 Å². The molecule has 2 N–H and O–H groups in total. The van der Waals surface area contributed by atoms with Gasteiger partial charge in [-0.1, -0.05) is 6.08 Å². The van der Waals surface area contributed by atoms with Gasteiger partial charge in [0.05, 0.1) is 22.8 Å². The van der Waals surface area contributed by atoms with Gasteiger partial charge in [-0.15, -0.1) is 0 Å². The van der Waals surface area contributed by atoms with Crippen LogP contribution < -0.4 is 10.6 Å². The highest BCUT2D eigenvalue weighted by Gasteiger charge is 2.33. The van der Waals surface area contributed by atoms with Crippen molar-refractivity contribution >= 4 is 40.0 Å². The average Bonchev–Trinajstić information content (AvgIpc) is 3.68. The van der Waals surface area contributed by atoms with Crippen LogP contribution in [-0.2, 0) is 23.1 Å². The number of likely N-dealkylation sites (tertiary alicyclic amines) is 1. The molecule has 1 saturated carbocycles. The molecule has 1 aliphatic heterocycles. The van der Waals surface area contributed by atoms with Crippen LogP contribution >= 0.6 is 0 Å². The number of rotatable bonds is 9. The van der Waals surface area contributed by atoms with Crippen molar-refractivity contribution in [3.63, 3.8) is 0 Å². The fourth-order valence-corrected chi connectivity index (χ4v) is 6.33. The summed E-state index contributed by atoms with van der Waals surface area (Å²) in [6, 6.07) is 11.0. The lowest BCUT2D eigenvalue weighted by Crippen LogP contribution is -2.58. The van der Waals surface area contributed by atoms with Crippen molar-refractivity contribution in [2.75, 3.05) is 33.7 Å². The number of ether oxygens (including phenoxy) is 1. The van der Waals surface area contributed by atoms with Gasteiger partial charge in [-0.2, -0.15) is 0 Å². The first-order valence-corrected chi connectivity index (χ1v) is 16.7. The van der Waals surface area contributed by atoms with Crippen LogP contribution in [0.25, 0.3) is 33.6 Å². The van der Waals surface area contributed by atoms with Crippen LogP contribution in [0.4, 0.5) is 4.79 Å². The average molecular weight is 655 g/mol. The van der Waals surface area contributed by atoms with Crippen molar-refractivity contribution < 1.29 is 19.1 Å². The second kappa shape index (κ2) is 13.4. The lowest BCUT2D eigenvalue weighted by Gasteiger charge is -2.38. The zero-order valence-electron chi connectivity index (χ0n) is 28.7. The number of amides is 3. The highest BCUT2D eigenvalue weighted by molar-refractivity contribution is 5.98. The zero-order valence-corrected chi connectivity index (χ0v) is 28.7. The molecule has 2 fully saturated rings. The van der Waals surface area contributed by atoms with Crippen molar-refractivity contribution in [2.45, 2.75) is 64.3 Å². The van der Waals surface area contributed by atoms with Crippen LogP contribution in [0.1, 0.15) is 50.4 Å². The summed E-state index contributed by atoms with van der Waals surface area (Å²) in [5.74, 6) is 1.03. The van der Waals surface area contributed by atoms with E-state index in [1.54, 1.807) is 31.7 Å². The number of nitrogens with zero attached hydrogens (tertiary/aromatic N) is 6. The van der Waals surface area contributed by atoms with E-state index in [1.165, 1.54) is 18.9 Å². The molecule has 3 amide bonds. The van der Waals surface area contributed by atoms with E-state index in [2.05, 4.69) is 36.9 Å². The predicted octanol–water partition coefficient (Wildman–Crippen LogP) is 4.34. The Morgan fingerprint density at radius 2 is 1.81 bits per heavy atom. The molecule has 1 aromatic carbocycles. The molecule has 2 atom stereocenters. The van der Waals surface area contributed by atoms with Crippen molar-refractivity contribution in [1.29, 1.82) is 0 Å². The Labute approximate surface area is 281 Å². The van der Waals surface area contributed by atoms with Gasteiger partial charge in [-0.05, 0) is 96.4 Å². The summed E-state index contributed by atoms with van der Waals surface area (Å²) in [7, 11) is 5.85. The largest absolute Gasteiger partial charge is 0.444 e. The molecule has 6 rings (SSSR count). The number of hydrogen-bond acceptors (Lipinski definition) is 7. The minimum absolute atomic E-state index is 0.200. The Hall–Kier alpha value is -4.71. The summed E-state index contributed by atoms with van der Waals surface area (Å²) in [4.78, 5) is 52.8. The molecule has 12 heteroatoms. The Bertz CT molecular complexity index is 1860. The van der Waals surface area contributed by atoms with Gasteiger partial charge in [0.2, 0.25) is 5.91 Å². The van der Waals surface area contributed by atoms with E-state index in [0.717, 1.165) is 34.6 Å². The monoisotopic (exact) mass is 654 g/mol. The minimum Gasteiger partial charge on any atom is -0.444 e. The summed E-state index contributed by atoms with van der Waals surface area (Å²) < 4.78 is 9.83. The Morgan fingerprint density at radius 1 is 1.06 bits per heavy atom. The molecular formula is C36H46N8O4. The number of benzene rings is 1. The molecule has 254 valence electrons. The molecule has 0 radical (unpaired) electrons. The molecule has 2 aliphatic rings. The lowest BCUT2D eigenvalue weighted by atomic mass is 9.99. The highest BCUT2D eigenvalue weighted by Crippen LogP contribution is 2.36. The van der Waals surface area contributed by atoms with Crippen LogP contribution in [0.5, 0.6) is 0 Å². The van der Waals surface area contributed by atoms with E-state index in [1.807, 2.05) is 56.5 Å². The predicted molar refractivity (Wildman–Crippen MR) is 185 cm³/mol. The maximum atomic E-state index is 14.0. The minimum atomic E-state index is -0.668. The molecule has 4 heterocycles. The number of likely N-dealkylation sites (N-methyl/N-ethyl adjacent to an activating group) is 1. The van der Waals surface area contributed by atoms with Gasteiger partial charge < -0.3 is 34.3 Å². The summed E-state index contributed by atoms with van der Waals surface area (Å²) in [5, 5.41) is 7.01. The summed E-state index contributed by atoms with van der Waals surface area (Å²) >= 11 is 0. The van der Waals surface area contributed by atoms with E-state index in [9.17, 15) is 14.4 Å². The lowest BCUT2D eigenvalue weighted by molar-refractivity contribution is -0.117. The number of alkyl carbamates (subject to hydrolysis) is 1. The van der Waals surface area contributed by atoms with Gasteiger partial charge in [-0.25, -0.2) is 14.8 Å². The van der Waals surface area contributed by atoms with E-state index in [-0.39, 0.29) is 24.4 Å². The SMILES string of the molecule is CN(C)C/C=C/C(=O)N[C@H]1C[C@@H](NC(=O)OC(C)(C)C)CN(C(=O)c2ccc3c(c2)nc(-c2cc4cccnc4n2CC2CC2)n3C)C1. The number of carbonyl (C=O) groups excluding carboxylic acids is 3. The molecule has 1 saturated heterocycles. The summed E-state index contributed by atoms with van der Waals surface area (Å²) in [6.07, 6.45) is 7.47. The van der Waals surface area contributed by atoms with Crippen molar-refractivity contribution in [2.24, 2.45) is 13.0 Å². The first-order chi connectivity index (χ1) is 22.8. The third-order valence-corrected chi connectivity index (χ3v) is 8.69. The molecule has 0 spiro atoms. The highest BCUT2D eigenvalue weighted by atomic mass is 16.6. The van der Waals surface area contributed by atoms with Crippen LogP contribution in [0.3, 0.4) is 0 Å². The maximum absolute atomic E-state index is 14.0. The first kappa shape index (κ1) is 33.2. The van der Waals surface area contributed by atoms with Crippen LogP contribution in [-0.4, -0.2) is 98.2 Å². The first-order valence-electron chi connectivity index (χ1n) is 16.7. The number of aryl methyl sites for hydroxylation is 1. The van der Waals surface area contributed by atoms with Crippen LogP contribution in [0, 0.1) is 5.92 Å².